The van der Waals surface area contributed by atoms with Gasteiger partial charge in [0.2, 0.25) is 0 Å². The van der Waals surface area contributed by atoms with Crippen molar-refractivity contribution in [2.45, 2.75) is 0 Å². The molecule has 0 saturated carbocycles. The van der Waals surface area contributed by atoms with E-state index in [1.165, 1.54) is 4.68 Å². The topological polar surface area (TPSA) is 46.0 Å². The molecule has 132 valence electrons. The number of allylic oxidation sites excluding steroid dienone is 2. The van der Waals surface area contributed by atoms with Gasteiger partial charge in [-0.25, -0.2) is 18.4 Å². The number of pyridine rings is 1. The van der Waals surface area contributed by atoms with Gasteiger partial charge in [-0.1, -0.05) is 11.6 Å². The summed E-state index contributed by atoms with van der Waals surface area (Å²) >= 11 is 5.94. The zero-order chi connectivity index (χ0) is 18.3. The van der Waals surface area contributed by atoms with E-state index >= 15 is 0 Å². The van der Waals surface area contributed by atoms with Crippen molar-refractivity contribution in [3.63, 3.8) is 0 Å². The average Bonchev–Trinajstić information content (AvgIpc) is 3.03. The third kappa shape index (κ3) is 2.90. The van der Waals surface area contributed by atoms with Gasteiger partial charge in [-0.15, -0.1) is 0 Å². The summed E-state index contributed by atoms with van der Waals surface area (Å²) in [6.45, 7) is 0.701. The minimum absolute atomic E-state index is 0.131. The van der Waals surface area contributed by atoms with Crippen LogP contribution in [0.4, 0.5) is 14.6 Å². The molecule has 1 aliphatic heterocycles. The fraction of sp³-hybridized carbons (Fsp3) is 0.111. The predicted octanol–water partition coefficient (Wildman–Crippen LogP) is 4.11. The number of hydrogen-bond donors (Lipinski definition) is 1. The third-order valence-electron chi connectivity index (χ3n) is 4.02. The Balaban J connectivity index is 1.78. The quantitative estimate of drug-likeness (QED) is 0.702. The summed E-state index contributed by atoms with van der Waals surface area (Å²) in [5, 5.41) is 7.93. The van der Waals surface area contributed by atoms with Gasteiger partial charge in [0.25, 0.3) is 0 Å². The van der Waals surface area contributed by atoms with Gasteiger partial charge in [0, 0.05) is 25.1 Å². The molecule has 0 unspecified atom stereocenters. The Hall–Kier alpha value is -2.93. The maximum atomic E-state index is 14.2. The molecule has 1 aliphatic rings. The molecule has 0 bridgehead atoms. The van der Waals surface area contributed by atoms with Gasteiger partial charge >= 0.3 is 0 Å². The van der Waals surface area contributed by atoms with E-state index in [0.717, 1.165) is 17.8 Å². The van der Waals surface area contributed by atoms with E-state index in [4.69, 9.17) is 11.6 Å². The molecule has 0 aliphatic carbocycles. The van der Waals surface area contributed by atoms with E-state index in [-0.39, 0.29) is 10.7 Å². The van der Waals surface area contributed by atoms with Gasteiger partial charge in [0.15, 0.2) is 5.82 Å². The first-order valence-corrected chi connectivity index (χ1v) is 8.23. The van der Waals surface area contributed by atoms with Crippen LogP contribution in [0.25, 0.3) is 16.6 Å². The number of nitrogens with one attached hydrogen (secondary N) is 1. The molecule has 0 spiro atoms. The standard InChI is InChI=1S/C18H14ClF2N5/c1-25-8-2-3-11(9-25)23-18-12-10-26(24-15(12)6-7-22-18)17-14(21)5-4-13(20)16(17)19/h2-8,10H,9H2,1H3,(H,22,23). The molecule has 0 atom stereocenters. The van der Waals surface area contributed by atoms with Crippen molar-refractivity contribution < 1.29 is 8.78 Å². The molecular formula is C18H14ClF2N5. The largest absolute Gasteiger partial charge is 0.375 e. The fourth-order valence-corrected chi connectivity index (χ4v) is 3.04. The summed E-state index contributed by atoms with van der Waals surface area (Å²) in [6.07, 6.45) is 9.03. The molecule has 2 aromatic heterocycles. The Labute approximate surface area is 153 Å². The Morgan fingerprint density at radius 3 is 2.81 bits per heavy atom. The van der Waals surface area contributed by atoms with Crippen LogP contribution < -0.4 is 5.32 Å². The van der Waals surface area contributed by atoms with E-state index in [2.05, 4.69) is 15.4 Å². The molecule has 5 nitrogen and oxygen atoms in total. The number of aromatic nitrogens is 3. The van der Waals surface area contributed by atoms with Crippen molar-refractivity contribution in [2.24, 2.45) is 0 Å². The molecule has 0 radical (unpaired) electrons. The van der Waals surface area contributed by atoms with Crippen molar-refractivity contribution in [3.8, 4) is 5.69 Å². The van der Waals surface area contributed by atoms with Crippen molar-refractivity contribution in [2.75, 3.05) is 18.9 Å². The molecule has 0 saturated heterocycles. The first-order valence-electron chi connectivity index (χ1n) is 7.86. The Morgan fingerprint density at radius 2 is 2.00 bits per heavy atom. The number of fused-ring (bicyclic) bond motifs is 1. The molecule has 3 heterocycles. The van der Waals surface area contributed by atoms with Crippen molar-refractivity contribution in [3.05, 3.63) is 71.3 Å². The van der Waals surface area contributed by atoms with E-state index in [9.17, 15) is 8.78 Å². The smallest absolute Gasteiger partial charge is 0.150 e. The van der Waals surface area contributed by atoms with Crippen LogP contribution in [0.3, 0.4) is 0 Å². The number of rotatable bonds is 3. The van der Waals surface area contributed by atoms with Gasteiger partial charge in [0.05, 0.1) is 17.4 Å². The SMILES string of the molecule is CN1C=CC=C(Nc2nccc3nn(-c4c(F)ccc(F)c4Cl)cc23)C1. The molecule has 0 amide bonds. The van der Waals surface area contributed by atoms with Gasteiger partial charge in [0.1, 0.15) is 22.3 Å². The van der Waals surface area contributed by atoms with Crippen LogP contribution in [0.15, 0.2) is 54.6 Å². The summed E-state index contributed by atoms with van der Waals surface area (Å²) in [5.74, 6) is -0.786. The van der Waals surface area contributed by atoms with E-state index in [0.29, 0.717) is 23.3 Å². The number of likely N-dealkylation sites (N-methyl/N-ethyl adjacent to an activating group) is 1. The normalized spacial score (nSPS) is 14.0. The van der Waals surface area contributed by atoms with Crippen molar-refractivity contribution in [1.82, 2.24) is 19.7 Å². The Bertz CT molecular complexity index is 1060. The molecule has 3 aromatic rings. The molecule has 1 aromatic carbocycles. The first-order chi connectivity index (χ1) is 12.5. The summed E-state index contributed by atoms with van der Waals surface area (Å²) < 4.78 is 29.2. The van der Waals surface area contributed by atoms with Crippen LogP contribution in [0.5, 0.6) is 0 Å². The number of anilines is 1. The number of benzene rings is 1. The highest BCUT2D eigenvalue weighted by Crippen LogP contribution is 2.29. The van der Waals surface area contributed by atoms with Crippen molar-refractivity contribution in [1.29, 1.82) is 0 Å². The van der Waals surface area contributed by atoms with Gasteiger partial charge in [-0.05, 0) is 36.6 Å². The molecule has 1 N–H and O–H groups in total. The molecule has 4 rings (SSSR count). The summed E-state index contributed by atoms with van der Waals surface area (Å²) in [6, 6.07) is 3.71. The zero-order valence-electron chi connectivity index (χ0n) is 13.7. The Kier molecular flexibility index (Phi) is 4.08. The second kappa shape index (κ2) is 6.42. The highest BCUT2D eigenvalue weighted by atomic mass is 35.5. The maximum Gasteiger partial charge on any atom is 0.150 e. The molecular weight excluding hydrogens is 360 g/mol. The maximum absolute atomic E-state index is 14.2. The summed E-state index contributed by atoms with van der Waals surface area (Å²) in [5.41, 5.74) is 1.41. The summed E-state index contributed by atoms with van der Waals surface area (Å²) in [4.78, 5) is 6.37. The minimum atomic E-state index is -0.707. The molecule has 0 fully saturated rings. The number of hydrogen-bond acceptors (Lipinski definition) is 4. The van der Waals surface area contributed by atoms with Crippen LogP contribution >= 0.6 is 11.6 Å². The zero-order valence-corrected chi connectivity index (χ0v) is 14.5. The van der Waals surface area contributed by atoms with Crippen LogP contribution in [-0.4, -0.2) is 33.3 Å². The monoisotopic (exact) mass is 373 g/mol. The second-order valence-electron chi connectivity index (χ2n) is 5.93. The molecule has 26 heavy (non-hydrogen) atoms. The third-order valence-corrected chi connectivity index (χ3v) is 4.38. The van der Waals surface area contributed by atoms with Crippen molar-refractivity contribution >= 4 is 28.3 Å². The van der Waals surface area contributed by atoms with E-state index < -0.39 is 11.6 Å². The lowest BCUT2D eigenvalue weighted by Crippen LogP contribution is -2.21. The average molecular weight is 374 g/mol. The lowest BCUT2D eigenvalue weighted by Gasteiger charge is -2.20. The van der Waals surface area contributed by atoms with Crippen LogP contribution in [0.1, 0.15) is 0 Å². The fourth-order valence-electron chi connectivity index (χ4n) is 2.80. The lowest BCUT2D eigenvalue weighted by molar-refractivity contribution is 0.492. The van der Waals surface area contributed by atoms with Gasteiger partial charge < -0.3 is 10.2 Å². The number of halogens is 3. The lowest BCUT2D eigenvalue weighted by atomic mass is 10.2. The van der Waals surface area contributed by atoms with Crippen LogP contribution in [-0.2, 0) is 0 Å². The summed E-state index contributed by atoms with van der Waals surface area (Å²) in [7, 11) is 1.96. The highest BCUT2D eigenvalue weighted by molar-refractivity contribution is 6.32. The van der Waals surface area contributed by atoms with E-state index in [1.807, 2.05) is 30.3 Å². The predicted molar refractivity (Wildman–Crippen MR) is 97.3 cm³/mol. The highest BCUT2D eigenvalue weighted by Gasteiger charge is 2.17. The van der Waals surface area contributed by atoms with Gasteiger partial charge in [-0.3, -0.25) is 0 Å². The van der Waals surface area contributed by atoms with Gasteiger partial charge in [-0.2, -0.15) is 5.10 Å². The van der Waals surface area contributed by atoms with Crippen LogP contribution in [0.2, 0.25) is 5.02 Å². The minimum Gasteiger partial charge on any atom is -0.375 e. The number of nitrogens with zero attached hydrogens (tertiary/aromatic N) is 4. The van der Waals surface area contributed by atoms with E-state index in [1.54, 1.807) is 18.5 Å². The Morgan fingerprint density at radius 1 is 1.19 bits per heavy atom. The van der Waals surface area contributed by atoms with Crippen LogP contribution in [0, 0.1) is 11.6 Å². The first kappa shape index (κ1) is 16.5. The second-order valence-corrected chi connectivity index (χ2v) is 6.31. The molecule has 8 heteroatoms.